The molecule has 0 unspecified atom stereocenters. The van der Waals surface area contributed by atoms with E-state index >= 15 is 0 Å². The van der Waals surface area contributed by atoms with Gasteiger partial charge in [-0.25, -0.2) is 9.38 Å². The number of halogens is 1. The molecule has 0 radical (unpaired) electrons. The van der Waals surface area contributed by atoms with Crippen LogP contribution in [0.1, 0.15) is 38.3 Å². The van der Waals surface area contributed by atoms with Gasteiger partial charge in [0.1, 0.15) is 5.82 Å². The van der Waals surface area contributed by atoms with E-state index in [1.54, 1.807) is 6.07 Å². The topological polar surface area (TPSA) is 48.9 Å². The number of aliphatic imine (C=N–C) groups is 1. The highest BCUT2D eigenvalue weighted by molar-refractivity contribution is 5.79. The van der Waals surface area contributed by atoms with Gasteiger partial charge >= 0.3 is 0 Å². The van der Waals surface area contributed by atoms with E-state index in [9.17, 15) is 4.39 Å². The van der Waals surface area contributed by atoms with Gasteiger partial charge in [-0.2, -0.15) is 0 Å². The Morgan fingerprint density at radius 1 is 1.23 bits per heavy atom. The number of benzene rings is 1. The van der Waals surface area contributed by atoms with Crippen LogP contribution in [0.15, 0.2) is 23.2 Å². The van der Waals surface area contributed by atoms with Gasteiger partial charge in [-0.1, -0.05) is 19.9 Å². The van der Waals surface area contributed by atoms with Crippen molar-refractivity contribution >= 4 is 5.96 Å². The van der Waals surface area contributed by atoms with Crippen molar-refractivity contribution in [1.82, 2.24) is 15.5 Å². The second-order valence-corrected chi connectivity index (χ2v) is 7.08. The summed E-state index contributed by atoms with van der Waals surface area (Å²) in [5.74, 6) is 1.24. The first-order valence-corrected chi connectivity index (χ1v) is 9.44. The van der Waals surface area contributed by atoms with Gasteiger partial charge in [0.2, 0.25) is 0 Å². The van der Waals surface area contributed by atoms with Crippen molar-refractivity contribution in [1.29, 1.82) is 0 Å². The van der Waals surface area contributed by atoms with Gasteiger partial charge in [0.05, 0.1) is 13.2 Å². The van der Waals surface area contributed by atoms with Crippen LogP contribution in [0, 0.1) is 11.7 Å². The summed E-state index contributed by atoms with van der Waals surface area (Å²) < 4.78 is 19.5. The van der Waals surface area contributed by atoms with E-state index in [0.717, 1.165) is 31.1 Å². The molecule has 0 fully saturated rings. The fourth-order valence-corrected chi connectivity index (χ4v) is 2.36. The van der Waals surface area contributed by atoms with Crippen LogP contribution >= 0.6 is 0 Å². The number of hydrogen-bond acceptors (Lipinski definition) is 3. The molecule has 0 aliphatic heterocycles. The van der Waals surface area contributed by atoms with Crippen LogP contribution in [0.5, 0.6) is 0 Å². The fourth-order valence-electron chi connectivity index (χ4n) is 2.36. The first-order chi connectivity index (χ1) is 12.4. The highest BCUT2D eigenvalue weighted by Crippen LogP contribution is 2.13. The van der Waals surface area contributed by atoms with Crippen LogP contribution in [0.4, 0.5) is 4.39 Å². The molecule has 0 aromatic heterocycles. The molecule has 0 saturated carbocycles. The average molecular weight is 367 g/mol. The Kier molecular flexibility index (Phi) is 10.9. The molecule has 0 amide bonds. The molecule has 0 aliphatic rings. The van der Waals surface area contributed by atoms with Gasteiger partial charge in [-0.15, -0.1) is 0 Å². The Morgan fingerprint density at radius 2 is 2.00 bits per heavy atom. The lowest BCUT2D eigenvalue weighted by molar-refractivity contribution is 0.128. The van der Waals surface area contributed by atoms with Crippen LogP contribution in [0.25, 0.3) is 0 Å². The predicted octanol–water partition coefficient (Wildman–Crippen LogP) is 3.01. The Morgan fingerprint density at radius 3 is 2.65 bits per heavy atom. The standard InChI is InChI=1S/C20H35FN4O/c1-6-22-20(23-10-12-26-11-9-16(2)3)24-14-17-7-8-19(21)18(13-17)15-25(4)5/h7-8,13,16H,6,9-12,14-15H2,1-5H3,(H2,22,23,24). The molecule has 1 aromatic carbocycles. The van der Waals surface area contributed by atoms with Gasteiger partial charge in [-0.05, 0) is 51.1 Å². The minimum Gasteiger partial charge on any atom is -0.380 e. The summed E-state index contributed by atoms with van der Waals surface area (Å²) in [5.41, 5.74) is 1.69. The molecule has 0 atom stereocenters. The first-order valence-electron chi connectivity index (χ1n) is 9.44. The molecule has 2 N–H and O–H groups in total. The molecule has 148 valence electrons. The molecule has 6 heteroatoms. The third-order valence-corrected chi connectivity index (χ3v) is 3.74. The zero-order valence-electron chi connectivity index (χ0n) is 16.9. The SMILES string of the molecule is CCNC(=NCc1ccc(F)c(CN(C)C)c1)NCCOCCC(C)C. The molecule has 26 heavy (non-hydrogen) atoms. The normalized spacial score (nSPS) is 12.1. The number of nitrogens with zero attached hydrogens (tertiary/aromatic N) is 2. The summed E-state index contributed by atoms with van der Waals surface area (Å²) >= 11 is 0. The Bertz CT molecular complexity index is 547. The average Bonchev–Trinajstić information content (AvgIpc) is 2.57. The minimum absolute atomic E-state index is 0.171. The summed E-state index contributed by atoms with van der Waals surface area (Å²) in [6, 6.07) is 5.20. The van der Waals surface area contributed by atoms with E-state index < -0.39 is 0 Å². The van der Waals surface area contributed by atoms with Crippen LogP contribution < -0.4 is 10.6 Å². The van der Waals surface area contributed by atoms with Crippen LogP contribution in [-0.4, -0.2) is 51.3 Å². The third-order valence-electron chi connectivity index (χ3n) is 3.74. The van der Waals surface area contributed by atoms with Crippen molar-refractivity contribution in [3.8, 4) is 0 Å². The summed E-state index contributed by atoms with van der Waals surface area (Å²) in [6.07, 6.45) is 1.08. The second kappa shape index (κ2) is 12.7. The lowest BCUT2D eigenvalue weighted by Crippen LogP contribution is -2.39. The van der Waals surface area contributed by atoms with E-state index in [1.165, 1.54) is 6.07 Å². The van der Waals surface area contributed by atoms with Crippen LogP contribution in [0.3, 0.4) is 0 Å². The quantitative estimate of drug-likeness (QED) is 0.359. The molecule has 1 aromatic rings. The zero-order valence-corrected chi connectivity index (χ0v) is 16.9. The van der Waals surface area contributed by atoms with E-state index in [-0.39, 0.29) is 5.82 Å². The van der Waals surface area contributed by atoms with E-state index in [2.05, 4.69) is 29.5 Å². The van der Waals surface area contributed by atoms with Crippen molar-refractivity contribution in [2.75, 3.05) is 40.4 Å². The number of ether oxygens (including phenoxy) is 1. The Balaban J connectivity index is 2.52. The molecule has 0 saturated heterocycles. The Labute approximate surface area is 158 Å². The highest BCUT2D eigenvalue weighted by atomic mass is 19.1. The van der Waals surface area contributed by atoms with Crippen molar-refractivity contribution in [3.63, 3.8) is 0 Å². The molecule has 0 bridgehead atoms. The maximum absolute atomic E-state index is 13.9. The van der Waals surface area contributed by atoms with Gasteiger partial charge in [0, 0.05) is 31.8 Å². The van der Waals surface area contributed by atoms with Crippen molar-refractivity contribution in [2.45, 2.75) is 40.3 Å². The monoisotopic (exact) mass is 366 g/mol. The van der Waals surface area contributed by atoms with Crippen LogP contribution in [-0.2, 0) is 17.8 Å². The number of rotatable bonds is 11. The van der Waals surface area contributed by atoms with Crippen molar-refractivity contribution < 1.29 is 9.13 Å². The van der Waals surface area contributed by atoms with Crippen molar-refractivity contribution in [2.24, 2.45) is 10.9 Å². The summed E-state index contributed by atoms with van der Waals surface area (Å²) in [4.78, 5) is 6.54. The molecular formula is C20H35FN4O. The molecular weight excluding hydrogens is 331 g/mol. The van der Waals surface area contributed by atoms with Gasteiger partial charge in [-0.3, -0.25) is 0 Å². The molecule has 5 nitrogen and oxygen atoms in total. The number of hydrogen-bond donors (Lipinski definition) is 2. The lowest BCUT2D eigenvalue weighted by Gasteiger charge is -2.13. The minimum atomic E-state index is -0.171. The van der Waals surface area contributed by atoms with Crippen molar-refractivity contribution in [3.05, 3.63) is 35.1 Å². The summed E-state index contributed by atoms with van der Waals surface area (Å²) in [7, 11) is 3.86. The van der Waals surface area contributed by atoms with E-state index in [1.807, 2.05) is 32.0 Å². The molecule has 0 spiro atoms. The molecule has 1 rings (SSSR count). The van der Waals surface area contributed by atoms with Gasteiger partial charge < -0.3 is 20.3 Å². The highest BCUT2D eigenvalue weighted by Gasteiger charge is 2.05. The van der Waals surface area contributed by atoms with Gasteiger partial charge in [0.25, 0.3) is 0 Å². The van der Waals surface area contributed by atoms with E-state index in [4.69, 9.17) is 4.74 Å². The molecule has 0 aliphatic carbocycles. The lowest BCUT2D eigenvalue weighted by atomic mass is 10.1. The van der Waals surface area contributed by atoms with Gasteiger partial charge in [0.15, 0.2) is 5.96 Å². The third kappa shape index (κ3) is 9.73. The smallest absolute Gasteiger partial charge is 0.191 e. The summed E-state index contributed by atoms with van der Waals surface area (Å²) in [6.45, 7) is 10.4. The van der Waals surface area contributed by atoms with Crippen LogP contribution in [0.2, 0.25) is 0 Å². The molecule has 0 heterocycles. The fraction of sp³-hybridized carbons (Fsp3) is 0.650. The largest absolute Gasteiger partial charge is 0.380 e. The van der Waals surface area contributed by atoms with E-state index in [0.29, 0.717) is 37.7 Å². The Hall–Kier alpha value is -1.66. The maximum Gasteiger partial charge on any atom is 0.191 e. The number of nitrogens with one attached hydrogen (secondary N) is 2. The maximum atomic E-state index is 13.9. The first kappa shape index (κ1) is 22.4. The summed E-state index contributed by atoms with van der Waals surface area (Å²) in [5, 5.41) is 6.49. The zero-order chi connectivity index (χ0) is 19.4. The predicted molar refractivity (Wildman–Crippen MR) is 107 cm³/mol. The second-order valence-electron chi connectivity index (χ2n) is 7.08. The number of guanidine groups is 1.